The molecule has 0 aromatic heterocycles. The molecule has 0 unspecified atom stereocenters. The van der Waals surface area contributed by atoms with Crippen molar-refractivity contribution in [1.82, 2.24) is 10.6 Å². The van der Waals surface area contributed by atoms with Crippen molar-refractivity contribution >= 4 is 24.1 Å². The highest BCUT2D eigenvalue weighted by atomic mass is 16.6. The van der Waals surface area contributed by atoms with E-state index in [1.807, 2.05) is 10.6 Å². The molecule has 0 aromatic carbocycles. The molecule has 10 heteroatoms. The van der Waals surface area contributed by atoms with Gasteiger partial charge in [0.25, 0.3) is 0 Å². The Morgan fingerprint density at radius 1 is 0.500 bits per heavy atom. The molecule has 0 heterocycles. The maximum Gasteiger partial charge on any atom is 0.411 e. The predicted octanol–water partition coefficient (Wildman–Crippen LogP) is 6.10. The second-order valence-corrected chi connectivity index (χ2v) is 8.83. The molecule has 0 fully saturated rings. The molecule has 0 radical (unpaired) electrons. The minimum atomic E-state index is -1.74. The van der Waals surface area contributed by atoms with E-state index >= 15 is 0 Å². The monoisotopic (exact) mass is 514 g/mol. The molecule has 0 atom stereocenters. The Balaban J connectivity index is 4.44. The molecule has 208 valence electrons. The van der Waals surface area contributed by atoms with Crippen LogP contribution in [-0.2, 0) is 19.1 Å². The molecule has 0 aliphatic heterocycles. The minimum absolute atomic E-state index is 0.0736. The smallest absolute Gasteiger partial charge is 0.411 e. The van der Waals surface area contributed by atoms with Crippen LogP contribution in [0, 0.1) is 0 Å². The van der Waals surface area contributed by atoms with Crippen LogP contribution >= 0.6 is 0 Å². The zero-order chi connectivity index (χ0) is 27.0. The number of amides is 2. The van der Waals surface area contributed by atoms with Gasteiger partial charge in [-0.15, -0.1) is 0 Å². The lowest BCUT2D eigenvalue weighted by molar-refractivity contribution is -0.136. The average Bonchev–Trinajstić information content (AvgIpc) is 2.83. The number of carboxylic acids is 2. The first-order valence-corrected chi connectivity index (χ1v) is 13.4. The fourth-order valence-corrected chi connectivity index (χ4v) is 3.52. The van der Waals surface area contributed by atoms with E-state index in [9.17, 15) is 29.4 Å². The summed E-state index contributed by atoms with van der Waals surface area (Å²) in [6, 6.07) is 0. The fourth-order valence-electron chi connectivity index (χ4n) is 3.52. The number of carboxylic acid groups (broad SMARTS) is 2. The van der Waals surface area contributed by atoms with Crippen molar-refractivity contribution in [3.8, 4) is 0 Å². The Bertz CT molecular complexity index is 623. The first-order valence-electron chi connectivity index (χ1n) is 13.4. The molecular weight excluding hydrogens is 468 g/mol. The number of ether oxygens (including phenoxy) is 2. The van der Waals surface area contributed by atoms with Crippen LogP contribution in [0.4, 0.5) is 9.59 Å². The zero-order valence-corrected chi connectivity index (χ0v) is 22.1. The number of alkyl carbamates (subject to hydrolysis) is 2. The molecule has 4 N–H and O–H groups in total. The van der Waals surface area contributed by atoms with E-state index in [2.05, 4.69) is 13.8 Å². The summed E-state index contributed by atoms with van der Waals surface area (Å²) in [6.07, 6.45) is 14.6. The number of rotatable bonds is 22. The van der Waals surface area contributed by atoms with Gasteiger partial charge in [-0.05, 0) is 12.8 Å². The second-order valence-electron chi connectivity index (χ2n) is 8.83. The van der Waals surface area contributed by atoms with Crippen LogP contribution in [0.5, 0.6) is 0 Å². The number of hydrogen-bond donors (Lipinski definition) is 4. The van der Waals surface area contributed by atoms with E-state index in [-0.39, 0.29) is 13.2 Å². The summed E-state index contributed by atoms with van der Waals surface area (Å²) in [6.45, 7) is 4.47. The number of aliphatic carboxylic acids is 2. The lowest BCUT2D eigenvalue weighted by atomic mass is 10.1. The van der Waals surface area contributed by atoms with Gasteiger partial charge < -0.3 is 19.7 Å². The molecule has 0 rings (SSSR count). The molecule has 0 aliphatic carbocycles. The summed E-state index contributed by atoms with van der Waals surface area (Å²) in [7, 11) is 0. The van der Waals surface area contributed by atoms with E-state index in [0.717, 1.165) is 38.5 Å². The predicted molar refractivity (Wildman–Crippen MR) is 136 cm³/mol. The molecule has 0 bridgehead atoms. The number of carbonyl (C=O) groups is 4. The van der Waals surface area contributed by atoms with Gasteiger partial charge in [-0.3, -0.25) is 10.6 Å². The van der Waals surface area contributed by atoms with Crippen molar-refractivity contribution in [2.45, 2.75) is 117 Å². The molecule has 0 spiro atoms. The normalized spacial score (nSPS) is 11.4. The van der Waals surface area contributed by atoms with Gasteiger partial charge in [0.1, 0.15) is 0 Å². The van der Waals surface area contributed by atoms with Gasteiger partial charge in [0.2, 0.25) is 0 Å². The first-order chi connectivity index (χ1) is 17.3. The van der Waals surface area contributed by atoms with E-state index in [1.165, 1.54) is 51.4 Å². The van der Waals surface area contributed by atoms with Crippen LogP contribution in [0.3, 0.4) is 0 Å². The van der Waals surface area contributed by atoms with Gasteiger partial charge in [-0.2, -0.15) is 0 Å². The average molecular weight is 515 g/mol. The van der Waals surface area contributed by atoms with E-state index in [0.29, 0.717) is 12.8 Å². The Labute approximate surface area is 215 Å². The van der Waals surface area contributed by atoms with Crippen molar-refractivity contribution in [2.75, 3.05) is 13.2 Å². The third-order valence-electron chi connectivity index (χ3n) is 5.59. The van der Waals surface area contributed by atoms with Crippen molar-refractivity contribution in [2.24, 2.45) is 0 Å². The summed E-state index contributed by atoms with van der Waals surface area (Å²) < 4.78 is 9.90. The van der Waals surface area contributed by atoms with Crippen LogP contribution in [0.25, 0.3) is 0 Å². The number of carbonyl (C=O) groups excluding carboxylic acids is 2. The van der Waals surface area contributed by atoms with Crippen molar-refractivity contribution < 1.29 is 38.9 Å². The van der Waals surface area contributed by atoms with Gasteiger partial charge in [-0.25, -0.2) is 19.2 Å². The minimum Gasteiger partial charge on any atom is -0.477 e. The Kier molecular flexibility index (Phi) is 20.9. The highest BCUT2D eigenvalue weighted by molar-refractivity contribution is 6.02. The topological polar surface area (TPSA) is 151 Å². The van der Waals surface area contributed by atoms with Crippen LogP contribution < -0.4 is 10.6 Å². The molecule has 10 nitrogen and oxygen atoms in total. The van der Waals surface area contributed by atoms with Crippen LogP contribution in [-0.4, -0.2) is 47.6 Å². The molecular formula is C26H46N2O8. The van der Waals surface area contributed by atoms with E-state index in [1.54, 1.807) is 0 Å². The molecule has 0 saturated heterocycles. The Morgan fingerprint density at radius 3 is 1.06 bits per heavy atom. The summed E-state index contributed by atoms with van der Waals surface area (Å²) in [5.41, 5.74) is -2.01. The molecule has 0 aliphatic rings. The van der Waals surface area contributed by atoms with E-state index in [4.69, 9.17) is 9.47 Å². The van der Waals surface area contributed by atoms with Crippen LogP contribution in [0.15, 0.2) is 11.4 Å². The number of nitrogens with one attached hydrogen (secondary N) is 2. The summed E-state index contributed by atoms with van der Waals surface area (Å²) in [5.74, 6) is -3.47. The highest BCUT2D eigenvalue weighted by Gasteiger charge is 2.25. The van der Waals surface area contributed by atoms with Gasteiger partial charge in [0.05, 0.1) is 13.2 Å². The maximum absolute atomic E-state index is 12.0. The van der Waals surface area contributed by atoms with Crippen LogP contribution in [0.1, 0.15) is 117 Å². The van der Waals surface area contributed by atoms with Crippen molar-refractivity contribution in [1.29, 1.82) is 0 Å². The largest absolute Gasteiger partial charge is 0.477 e. The standard InChI is InChI=1S/C26H46N2O8/c1-3-5-7-9-11-13-15-17-19-35-25(33)27-21(23(29)30)22(24(31)32)28-26(34)36-20-18-16-14-12-10-8-6-4-2/h3-20H2,1-2H3,(H,27,33)(H,28,34)(H,29,30)(H,31,32). The van der Waals surface area contributed by atoms with Crippen molar-refractivity contribution in [3.05, 3.63) is 11.4 Å². The van der Waals surface area contributed by atoms with Gasteiger partial charge in [-0.1, -0.05) is 104 Å². The van der Waals surface area contributed by atoms with Gasteiger partial charge in [0, 0.05) is 0 Å². The quantitative estimate of drug-likeness (QED) is 0.0999. The number of unbranched alkanes of at least 4 members (excludes halogenated alkanes) is 14. The summed E-state index contributed by atoms with van der Waals surface area (Å²) in [5, 5.41) is 22.5. The Morgan fingerprint density at radius 2 is 0.778 bits per heavy atom. The lowest BCUT2D eigenvalue weighted by Crippen LogP contribution is -2.37. The third-order valence-corrected chi connectivity index (χ3v) is 5.59. The van der Waals surface area contributed by atoms with E-state index < -0.39 is 35.5 Å². The third kappa shape index (κ3) is 18.5. The van der Waals surface area contributed by atoms with Crippen molar-refractivity contribution in [3.63, 3.8) is 0 Å². The summed E-state index contributed by atoms with van der Waals surface area (Å²) >= 11 is 0. The number of hydrogen-bond acceptors (Lipinski definition) is 6. The molecule has 0 aromatic rings. The SMILES string of the molecule is CCCCCCCCCCOC(=O)NC(C(=O)O)=C(NC(=O)OCCCCCCCCCC)C(=O)O. The van der Waals surface area contributed by atoms with Crippen LogP contribution in [0.2, 0.25) is 0 Å². The maximum atomic E-state index is 12.0. The first kappa shape index (κ1) is 33.2. The Hall–Kier alpha value is -2.78. The lowest BCUT2D eigenvalue weighted by Gasteiger charge is -2.12. The zero-order valence-electron chi connectivity index (χ0n) is 22.1. The second kappa shape index (κ2) is 22.7. The molecule has 0 saturated carbocycles. The highest BCUT2D eigenvalue weighted by Crippen LogP contribution is 2.10. The molecule has 2 amide bonds. The van der Waals surface area contributed by atoms with Gasteiger partial charge in [0.15, 0.2) is 11.4 Å². The fraction of sp³-hybridized carbons (Fsp3) is 0.769. The van der Waals surface area contributed by atoms with Gasteiger partial charge >= 0.3 is 24.1 Å². The molecule has 36 heavy (non-hydrogen) atoms. The summed E-state index contributed by atoms with van der Waals surface area (Å²) in [4.78, 5) is 47.0.